The molecule has 0 spiro atoms. The van der Waals surface area contributed by atoms with Crippen molar-refractivity contribution in [2.75, 3.05) is 0 Å². The molecule has 0 saturated heterocycles. The second kappa shape index (κ2) is 5.33. The highest BCUT2D eigenvalue weighted by Crippen LogP contribution is 2.29. The molecular weight excluding hydrogens is 264 g/mol. The van der Waals surface area contributed by atoms with Crippen molar-refractivity contribution in [1.82, 2.24) is 0 Å². The van der Waals surface area contributed by atoms with E-state index in [4.69, 9.17) is 21.4 Å². The number of benzene rings is 2. The van der Waals surface area contributed by atoms with E-state index >= 15 is 0 Å². The molecule has 0 heterocycles. The minimum atomic E-state index is -1.07. The fourth-order valence-corrected chi connectivity index (χ4v) is 1.83. The highest BCUT2D eigenvalue weighted by atomic mass is 35.5. The van der Waals surface area contributed by atoms with Gasteiger partial charge in [0.1, 0.15) is 17.1 Å². The van der Waals surface area contributed by atoms with Crippen molar-refractivity contribution in [2.45, 2.75) is 13.8 Å². The van der Waals surface area contributed by atoms with Crippen LogP contribution in [0, 0.1) is 13.8 Å². The second-order valence-corrected chi connectivity index (χ2v) is 4.73. The molecule has 0 aromatic heterocycles. The van der Waals surface area contributed by atoms with Crippen LogP contribution >= 0.6 is 11.6 Å². The number of aryl methyl sites for hydroxylation is 2. The summed E-state index contributed by atoms with van der Waals surface area (Å²) in [5.41, 5.74) is 2.29. The van der Waals surface area contributed by atoms with E-state index in [0.717, 1.165) is 11.1 Å². The number of carboxylic acid groups (broad SMARTS) is 1. The van der Waals surface area contributed by atoms with Crippen LogP contribution in [-0.2, 0) is 0 Å². The van der Waals surface area contributed by atoms with Crippen molar-refractivity contribution >= 4 is 17.6 Å². The zero-order valence-electron chi connectivity index (χ0n) is 10.6. The molecule has 2 rings (SSSR count). The van der Waals surface area contributed by atoms with E-state index in [9.17, 15) is 4.79 Å². The van der Waals surface area contributed by atoms with Gasteiger partial charge in [-0.15, -0.1) is 0 Å². The molecule has 19 heavy (non-hydrogen) atoms. The maximum Gasteiger partial charge on any atom is 0.339 e. The SMILES string of the molecule is Cc1ccc(Oc2ccc(Cl)cc2C(=O)O)cc1C. The van der Waals surface area contributed by atoms with E-state index in [2.05, 4.69) is 0 Å². The first-order valence-corrected chi connectivity index (χ1v) is 6.13. The van der Waals surface area contributed by atoms with Crippen LogP contribution in [0.2, 0.25) is 5.02 Å². The molecule has 2 aromatic rings. The lowest BCUT2D eigenvalue weighted by atomic mass is 10.1. The molecule has 0 fully saturated rings. The Labute approximate surface area is 116 Å². The van der Waals surface area contributed by atoms with Gasteiger partial charge in [-0.2, -0.15) is 0 Å². The van der Waals surface area contributed by atoms with Crippen molar-refractivity contribution in [1.29, 1.82) is 0 Å². The van der Waals surface area contributed by atoms with Gasteiger partial charge in [-0.3, -0.25) is 0 Å². The third-order valence-electron chi connectivity index (χ3n) is 2.88. The van der Waals surface area contributed by atoms with Crippen LogP contribution in [0.15, 0.2) is 36.4 Å². The maximum atomic E-state index is 11.1. The van der Waals surface area contributed by atoms with Gasteiger partial charge in [-0.25, -0.2) is 4.79 Å². The van der Waals surface area contributed by atoms with Gasteiger partial charge in [0.15, 0.2) is 0 Å². The van der Waals surface area contributed by atoms with E-state index in [0.29, 0.717) is 10.8 Å². The number of carbonyl (C=O) groups is 1. The number of rotatable bonds is 3. The number of hydrogen-bond donors (Lipinski definition) is 1. The Kier molecular flexibility index (Phi) is 3.76. The summed E-state index contributed by atoms with van der Waals surface area (Å²) in [6.07, 6.45) is 0. The Hall–Kier alpha value is -2.00. The molecule has 0 aliphatic carbocycles. The zero-order valence-corrected chi connectivity index (χ0v) is 11.4. The predicted octanol–water partition coefficient (Wildman–Crippen LogP) is 4.45. The average molecular weight is 277 g/mol. The van der Waals surface area contributed by atoms with E-state index < -0.39 is 5.97 Å². The van der Waals surface area contributed by atoms with Gasteiger partial charge >= 0.3 is 5.97 Å². The lowest BCUT2D eigenvalue weighted by Crippen LogP contribution is -2.00. The predicted molar refractivity (Wildman–Crippen MR) is 74.4 cm³/mol. The number of halogens is 1. The van der Waals surface area contributed by atoms with Gasteiger partial charge in [0.25, 0.3) is 0 Å². The van der Waals surface area contributed by atoms with E-state index in [1.54, 1.807) is 12.1 Å². The van der Waals surface area contributed by atoms with Crippen LogP contribution in [0.5, 0.6) is 11.5 Å². The minimum Gasteiger partial charge on any atom is -0.478 e. The molecule has 0 atom stereocenters. The molecule has 0 saturated carbocycles. The number of carboxylic acids is 1. The van der Waals surface area contributed by atoms with Crippen molar-refractivity contribution in [2.24, 2.45) is 0 Å². The summed E-state index contributed by atoms with van der Waals surface area (Å²) in [6, 6.07) is 10.1. The third kappa shape index (κ3) is 3.06. The Morgan fingerprint density at radius 3 is 2.47 bits per heavy atom. The highest BCUT2D eigenvalue weighted by molar-refractivity contribution is 6.31. The van der Waals surface area contributed by atoms with Crippen LogP contribution in [0.3, 0.4) is 0 Å². The first kappa shape index (κ1) is 13.4. The van der Waals surface area contributed by atoms with Crippen LogP contribution < -0.4 is 4.74 Å². The third-order valence-corrected chi connectivity index (χ3v) is 3.11. The standard InChI is InChI=1S/C15H13ClO3/c1-9-3-5-12(7-10(9)2)19-14-6-4-11(16)8-13(14)15(17)18/h3-8H,1-2H3,(H,17,18). The summed E-state index contributed by atoms with van der Waals surface area (Å²) in [7, 11) is 0. The Morgan fingerprint density at radius 1 is 1.11 bits per heavy atom. The van der Waals surface area contributed by atoms with Gasteiger partial charge in [0, 0.05) is 5.02 Å². The molecule has 0 unspecified atom stereocenters. The Bertz CT molecular complexity index is 635. The Morgan fingerprint density at radius 2 is 1.84 bits per heavy atom. The second-order valence-electron chi connectivity index (χ2n) is 4.29. The van der Waals surface area contributed by atoms with Gasteiger partial charge < -0.3 is 9.84 Å². The van der Waals surface area contributed by atoms with Crippen LogP contribution in [-0.4, -0.2) is 11.1 Å². The molecule has 0 aliphatic heterocycles. The smallest absolute Gasteiger partial charge is 0.339 e. The van der Waals surface area contributed by atoms with Gasteiger partial charge in [0.05, 0.1) is 0 Å². The molecule has 0 aliphatic rings. The molecule has 0 radical (unpaired) electrons. The number of hydrogen-bond acceptors (Lipinski definition) is 2. The molecule has 3 nitrogen and oxygen atoms in total. The molecule has 4 heteroatoms. The summed E-state index contributed by atoms with van der Waals surface area (Å²) in [5, 5.41) is 9.49. The van der Waals surface area contributed by atoms with Gasteiger partial charge in [-0.05, 0) is 55.3 Å². The lowest BCUT2D eigenvalue weighted by Gasteiger charge is -2.10. The molecule has 0 amide bonds. The van der Waals surface area contributed by atoms with Crippen molar-refractivity contribution in [3.05, 3.63) is 58.1 Å². The van der Waals surface area contributed by atoms with Crippen LogP contribution in [0.1, 0.15) is 21.5 Å². The molecular formula is C15H13ClO3. The highest BCUT2D eigenvalue weighted by Gasteiger charge is 2.13. The van der Waals surface area contributed by atoms with E-state index in [1.165, 1.54) is 6.07 Å². The molecule has 98 valence electrons. The zero-order chi connectivity index (χ0) is 14.0. The lowest BCUT2D eigenvalue weighted by molar-refractivity contribution is 0.0694. The quantitative estimate of drug-likeness (QED) is 0.901. The first-order chi connectivity index (χ1) is 8.97. The summed E-state index contributed by atoms with van der Waals surface area (Å²) in [5.74, 6) is -0.186. The van der Waals surface area contributed by atoms with Crippen molar-refractivity contribution in [3.8, 4) is 11.5 Å². The fourth-order valence-electron chi connectivity index (χ4n) is 1.66. The normalized spacial score (nSPS) is 10.3. The monoisotopic (exact) mass is 276 g/mol. The Balaban J connectivity index is 2.37. The van der Waals surface area contributed by atoms with Gasteiger partial charge in [0.2, 0.25) is 0 Å². The van der Waals surface area contributed by atoms with Crippen molar-refractivity contribution in [3.63, 3.8) is 0 Å². The number of aromatic carboxylic acids is 1. The summed E-state index contributed by atoms with van der Waals surface area (Å²) in [4.78, 5) is 11.1. The molecule has 2 aromatic carbocycles. The van der Waals surface area contributed by atoms with Gasteiger partial charge in [-0.1, -0.05) is 17.7 Å². The summed E-state index contributed by atoms with van der Waals surface area (Å²) >= 11 is 5.79. The first-order valence-electron chi connectivity index (χ1n) is 5.75. The van der Waals surface area contributed by atoms with Crippen LogP contribution in [0.25, 0.3) is 0 Å². The average Bonchev–Trinajstić information content (AvgIpc) is 2.36. The van der Waals surface area contributed by atoms with E-state index in [1.807, 2.05) is 32.0 Å². The fraction of sp³-hybridized carbons (Fsp3) is 0.133. The van der Waals surface area contributed by atoms with E-state index in [-0.39, 0.29) is 11.3 Å². The maximum absolute atomic E-state index is 11.1. The topological polar surface area (TPSA) is 46.5 Å². The molecule has 0 bridgehead atoms. The minimum absolute atomic E-state index is 0.0470. The molecule has 1 N–H and O–H groups in total. The largest absolute Gasteiger partial charge is 0.478 e. The summed E-state index contributed by atoms with van der Waals surface area (Å²) < 4.78 is 5.62. The van der Waals surface area contributed by atoms with Crippen molar-refractivity contribution < 1.29 is 14.6 Å². The van der Waals surface area contributed by atoms with Crippen LogP contribution in [0.4, 0.5) is 0 Å². The number of ether oxygens (including phenoxy) is 1. The summed E-state index contributed by atoms with van der Waals surface area (Å²) in [6.45, 7) is 3.98.